The summed E-state index contributed by atoms with van der Waals surface area (Å²) in [6, 6.07) is 0. The van der Waals surface area contributed by atoms with Gasteiger partial charge < -0.3 is 10.2 Å². The second kappa shape index (κ2) is 43.3. The van der Waals surface area contributed by atoms with Crippen LogP contribution in [0.2, 0.25) is 0 Å². The van der Waals surface area contributed by atoms with Crippen LogP contribution in [0.1, 0.15) is 283 Å². The number of carbonyl (C=O) groups is 2. The lowest BCUT2D eigenvalue weighted by Gasteiger charge is -2.07. The molecule has 4 heteroatoms. The number of rotatable bonds is 45. The van der Waals surface area contributed by atoms with Gasteiger partial charge in [-0.3, -0.25) is 9.59 Å². The second-order valence-electron chi connectivity index (χ2n) is 16.5. The number of carboxylic acid groups (broad SMARTS) is 2. The fourth-order valence-corrected chi connectivity index (χ4v) is 7.85. The Morgan fingerprint density at radius 3 is 0.549 bits per heavy atom. The molecule has 0 aliphatic rings. The highest BCUT2D eigenvalue weighted by Crippen LogP contribution is 2.18. The molecule has 0 aromatic heterocycles. The van der Waals surface area contributed by atoms with Crippen molar-refractivity contribution >= 4 is 11.9 Å². The van der Waals surface area contributed by atoms with E-state index in [-0.39, 0.29) is 6.42 Å². The summed E-state index contributed by atoms with van der Waals surface area (Å²) in [6.07, 6.45) is 58.9. The van der Waals surface area contributed by atoms with Crippen LogP contribution in [0.3, 0.4) is 0 Å². The molecule has 304 valence electrons. The lowest BCUT2D eigenvalue weighted by molar-refractivity contribution is -0.154. The second-order valence-corrected chi connectivity index (χ2v) is 16.5. The van der Waals surface area contributed by atoms with Gasteiger partial charge in [-0.1, -0.05) is 277 Å². The molecule has 51 heavy (non-hydrogen) atoms. The summed E-state index contributed by atoms with van der Waals surface area (Å²) >= 11 is 0. The molecule has 0 aliphatic carbocycles. The zero-order valence-electron chi connectivity index (χ0n) is 34.7. The van der Waals surface area contributed by atoms with Crippen LogP contribution in [0, 0.1) is 5.92 Å². The predicted molar refractivity (Wildman–Crippen MR) is 223 cm³/mol. The first-order chi connectivity index (χ1) is 25.1. The molecule has 4 nitrogen and oxygen atoms in total. The summed E-state index contributed by atoms with van der Waals surface area (Å²) in [5.74, 6) is -3.65. The molecule has 2 N–H and O–H groups in total. The van der Waals surface area contributed by atoms with Crippen LogP contribution in [-0.4, -0.2) is 22.2 Å². The summed E-state index contributed by atoms with van der Waals surface area (Å²) in [4.78, 5) is 21.8. The maximum absolute atomic E-state index is 10.9. The average Bonchev–Trinajstić information content (AvgIpc) is 3.11. The first-order valence-corrected chi connectivity index (χ1v) is 23.5. The molecule has 0 unspecified atom stereocenters. The molecule has 0 saturated heterocycles. The normalized spacial score (nSPS) is 11.6. The number of hydrogen-bond donors (Lipinski definition) is 2. The topological polar surface area (TPSA) is 74.6 Å². The van der Waals surface area contributed by atoms with E-state index in [9.17, 15) is 9.59 Å². The van der Waals surface area contributed by atoms with Gasteiger partial charge in [0.1, 0.15) is 0 Å². The van der Waals surface area contributed by atoms with E-state index in [4.69, 9.17) is 10.2 Å². The minimum absolute atomic E-state index is 0.254. The van der Waals surface area contributed by atoms with Crippen molar-refractivity contribution < 1.29 is 19.8 Å². The van der Waals surface area contributed by atoms with Crippen molar-refractivity contribution in [2.75, 3.05) is 0 Å². The van der Waals surface area contributed by atoms with E-state index in [1.165, 1.54) is 250 Å². The van der Waals surface area contributed by atoms with Crippen molar-refractivity contribution in [1.29, 1.82) is 0 Å². The van der Waals surface area contributed by atoms with Crippen molar-refractivity contribution in [3.8, 4) is 0 Å². The van der Waals surface area contributed by atoms with E-state index in [0.717, 1.165) is 12.8 Å². The summed E-state index contributed by atoms with van der Waals surface area (Å²) < 4.78 is 0. The van der Waals surface area contributed by atoms with E-state index in [0.29, 0.717) is 6.42 Å². The third-order valence-electron chi connectivity index (χ3n) is 11.4. The van der Waals surface area contributed by atoms with Gasteiger partial charge in [0.2, 0.25) is 0 Å². The van der Waals surface area contributed by atoms with Crippen LogP contribution >= 0.6 is 0 Å². The maximum atomic E-state index is 10.9. The van der Waals surface area contributed by atoms with Crippen LogP contribution < -0.4 is 0 Å². The van der Waals surface area contributed by atoms with Crippen LogP contribution in [0.5, 0.6) is 0 Å². The molecule has 0 radical (unpaired) electrons. The van der Waals surface area contributed by atoms with E-state index >= 15 is 0 Å². The molecule has 0 saturated carbocycles. The number of unbranched alkanes of at least 4 members (excludes halogenated alkanes) is 41. The van der Waals surface area contributed by atoms with Crippen LogP contribution in [0.25, 0.3) is 0 Å². The first kappa shape index (κ1) is 49.9. The van der Waals surface area contributed by atoms with Gasteiger partial charge in [-0.25, -0.2) is 0 Å². The van der Waals surface area contributed by atoms with Crippen molar-refractivity contribution in [3.05, 3.63) is 0 Å². The third-order valence-corrected chi connectivity index (χ3v) is 11.4. The molecule has 0 aromatic rings. The molecule has 0 heterocycles. The quantitative estimate of drug-likeness (QED) is 0.0485. The largest absolute Gasteiger partial charge is 0.481 e. The number of carboxylic acids is 2. The summed E-state index contributed by atoms with van der Waals surface area (Å²) in [5, 5.41) is 17.8. The lowest BCUT2D eigenvalue weighted by atomic mass is 10.00. The molecule has 0 bridgehead atoms. The van der Waals surface area contributed by atoms with Gasteiger partial charge >= 0.3 is 11.9 Å². The van der Waals surface area contributed by atoms with Gasteiger partial charge in [-0.05, 0) is 6.42 Å². The summed E-state index contributed by atoms with van der Waals surface area (Å²) in [7, 11) is 0. The molecule has 0 rings (SSSR count). The van der Waals surface area contributed by atoms with Gasteiger partial charge in [0.05, 0.1) is 0 Å². The number of hydrogen-bond acceptors (Lipinski definition) is 2. The highest BCUT2D eigenvalue weighted by molar-refractivity contribution is 5.92. The molecule has 0 fully saturated rings. The highest BCUT2D eigenvalue weighted by Gasteiger charge is 2.24. The van der Waals surface area contributed by atoms with Crippen molar-refractivity contribution in [1.82, 2.24) is 0 Å². The minimum atomic E-state index is -1.23. The zero-order chi connectivity index (χ0) is 37.1. The van der Waals surface area contributed by atoms with E-state index in [2.05, 4.69) is 6.92 Å². The Hall–Kier alpha value is -1.06. The Labute approximate surface area is 319 Å². The Morgan fingerprint density at radius 2 is 0.412 bits per heavy atom. The fraction of sp³-hybridized carbons (Fsp3) is 0.957. The van der Waals surface area contributed by atoms with Crippen molar-refractivity contribution in [2.45, 2.75) is 283 Å². The van der Waals surface area contributed by atoms with Gasteiger partial charge in [-0.2, -0.15) is 0 Å². The third kappa shape index (κ3) is 41.6. The smallest absolute Gasteiger partial charge is 0.317 e. The van der Waals surface area contributed by atoms with Crippen molar-refractivity contribution in [2.24, 2.45) is 5.92 Å². The number of aliphatic carboxylic acids is 2. The standard InChI is InChI=1S/C47H92O4/c1-2-3-4-5-6-7-8-9-10-11-12-13-14-15-16-17-18-19-20-21-22-23-24-25-26-27-28-29-30-31-32-33-34-35-36-37-38-39-40-41-42-43-44-45(46(48)49)47(50)51/h45H,2-44H2,1H3,(H,48,49)(H,50,51). The van der Waals surface area contributed by atoms with Crippen LogP contribution in [0.4, 0.5) is 0 Å². The maximum Gasteiger partial charge on any atom is 0.317 e. The van der Waals surface area contributed by atoms with Gasteiger partial charge in [0.15, 0.2) is 5.92 Å². The van der Waals surface area contributed by atoms with Gasteiger partial charge in [0, 0.05) is 0 Å². The zero-order valence-corrected chi connectivity index (χ0v) is 34.7. The van der Waals surface area contributed by atoms with Crippen LogP contribution in [-0.2, 0) is 9.59 Å². The molecule has 0 amide bonds. The minimum Gasteiger partial charge on any atom is -0.481 e. The highest BCUT2D eigenvalue weighted by atomic mass is 16.4. The first-order valence-electron chi connectivity index (χ1n) is 23.5. The summed E-state index contributed by atoms with van der Waals surface area (Å²) in [5.41, 5.74) is 0. The Morgan fingerprint density at radius 1 is 0.275 bits per heavy atom. The molecule has 0 aromatic carbocycles. The molecule has 0 aliphatic heterocycles. The lowest BCUT2D eigenvalue weighted by Crippen LogP contribution is -2.23. The molecular formula is C47H92O4. The predicted octanol–water partition coefficient (Wildman–Crippen LogP) is 16.6. The summed E-state index contributed by atoms with van der Waals surface area (Å²) in [6.45, 7) is 2.30. The van der Waals surface area contributed by atoms with Gasteiger partial charge in [0.25, 0.3) is 0 Å². The van der Waals surface area contributed by atoms with Crippen LogP contribution in [0.15, 0.2) is 0 Å². The van der Waals surface area contributed by atoms with Gasteiger partial charge in [-0.15, -0.1) is 0 Å². The molecule has 0 atom stereocenters. The monoisotopic (exact) mass is 721 g/mol. The SMILES string of the molecule is CCCCCCCCCCCCCCCCCCCCCCCCCCCCCCCCCCCCCCCCCCCCC(C(=O)O)C(=O)O. The van der Waals surface area contributed by atoms with Crippen molar-refractivity contribution in [3.63, 3.8) is 0 Å². The molecular weight excluding hydrogens is 629 g/mol. The Kier molecular flexibility index (Phi) is 42.4. The Bertz CT molecular complexity index is 678. The Balaban J connectivity index is 3.11. The molecule has 0 spiro atoms. The van der Waals surface area contributed by atoms with E-state index < -0.39 is 17.9 Å². The average molecular weight is 721 g/mol. The fourth-order valence-electron chi connectivity index (χ4n) is 7.85. The van der Waals surface area contributed by atoms with E-state index in [1.807, 2.05) is 0 Å². The van der Waals surface area contributed by atoms with E-state index in [1.54, 1.807) is 0 Å².